The fraction of sp³-hybridized carbons (Fsp3) is 0.0435. The number of anilines is 1. The highest BCUT2D eigenvalue weighted by Crippen LogP contribution is 2.59. The van der Waals surface area contributed by atoms with Gasteiger partial charge in [0.2, 0.25) is 7.29 Å². The summed E-state index contributed by atoms with van der Waals surface area (Å²) in [4.78, 5) is 0. The van der Waals surface area contributed by atoms with Crippen molar-refractivity contribution in [1.29, 1.82) is 0 Å². The normalized spacial score (nSPS) is 15.3. The Morgan fingerprint density at radius 3 is 1.52 bits per heavy atom. The number of hydrogen-bond acceptors (Lipinski definition) is 2. The van der Waals surface area contributed by atoms with Crippen LogP contribution in [0, 0.1) is 0 Å². The number of para-hydroxylation sites is 1. The summed E-state index contributed by atoms with van der Waals surface area (Å²) in [6, 6.07) is 29.3. The largest absolute Gasteiger partial charge is 0.456 e. The summed E-state index contributed by atoms with van der Waals surface area (Å²) in [5.41, 5.74) is 2.71. The van der Waals surface area contributed by atoms with Crippen molar-refractivity contribution in [3.63, 3.8) is 0 Å². The molecule has 1 aliphatic heterocycles. The molecule has 0 aliphatic carbocycles. The highest BCUT2D eigenvalue weighted by atomic mass is 31.2. The zero-order chi connectivity index (χ0) is 18.7. The van der Waals surface area contributed by atoms with Crippen LogP contribution in [-0.4, -0.2) is 7.05 Å². The van der Waals surface area contributed by atoms with Crippen molar-refractivity contribution in [3.05, 3.63) is 114 Å². The minimum atomic E-state index is -2.99. The van der Waals surface area contributed by atoms with E-state index in [4.69, 9.17) is 4.74 Å². The molecule has 0 saturated carbocycles. The minimum Gasteiger partial charge on any atom is -0.456 e. The first kappa shape index (κ1) is 17.4. The van der Waals surface area contributed by atoms with E-state index in [1.54, 1.807) is 11.6 Å². The van der Waals surface area contributed by atoms with Crippen molar-refractivity contribution in [2.45, 2.75) is 0 Å². The molecular weight excluding hydrogens is 353 g/mol. The lowest BCUT2D eigenvalue weighted by Crippen LogP contribution is -2.13. The van der Waals surface area contributed by atoms with Crippen LogP contribution in [0.2, 0.25) is 0 Å². The van der Waals surface area contributed by atoms with Crippen LogP contribution in [0.4, 0.5) is 5.69 Å². The summed E-state index contributed by atoms with van der Waals surface area (Å²) in [6.45, 7) is 0. The summed E-state index contributed by atoms with van der Waals surface area (Å²) >= 11 is 0. The van der Waals surface area contributed by atoms with Crippen LogP contribution in [0.3, 0.4) is 0 Å². The lowest BCUT2D eigenvalue weighted by atomic mass is 10.2. The topological polar surface area (TPSA) is 29.5 Å². The van der Waals surface area contributed by atoms with Crippen LogP contribution in [0.5, 0.6) is 0 Å². The fourth-order valence-corrected chi connectivity index (χ4v) is 5.00. The Labute approximate surface area is 159 Å². The average molecular weight is 373 g/mol. The van der Waals surface area contributed by atoms with Gasteiger partial charge in [0.05, 0.1) is 0 Å². The monoisotopic (exact) mass is 373 g/mol. The Balaban J connectivity index is 1.83. The number of hydrogen-bond donors (Lipinski definition) is 0. The third kappa shape index (κ3) is 3.60. The molecule has 1 heterocycles. The molecular formula is C23H20NO2P. The van der Waals surface area contributed by atoms with E-state index < -0.39 is 7.29 Å². The molecule has 0 aromatic heterocycles. The molecule has 0 unspecified atom stereocenters. The van der Waals surface area contributed by atoms with Gasteiger partial charge in [0.15, 0.2) is 0 Å². The smallest absolute Gasteiger partial charge is 0.222 e. The van der Waals surface area contributed by atoms with Gasteiger partial charge in [-0.3, -0.25) is 4.57 Å². The molecule has 3 nitrogen and oxygen atoms in total. The van der Waals surface area contributed by atoms with Crippen LogP contribution < -0.4 is 4.67 Å². The van der Waals surface area contributed by atoms with E-state index in [9.17, 15) is 4.57 Å². The van der Waals surface area contributed by atoms with Crippen molar-refractivity contribution in [2.75, 3.05) is 11.7 Å². The maximum absolute atomic E-state index is 14.0. The van der Waals surface area contributed by atoms with Crippen LogP contribution in [0.25, 0.3) is 11.5 Å². The van der Waals surface area contributed by atoms with Crippen LogP contribution >= 0.6 is 7.29 Å². The van der Waals surface area contributed by atoms with E-state index >= 15 is 0 Å². The number of nitrogens with zero attached hydrogens (tertiary/aromatic N) is 1. The quantitative estimate of drug-likeness (QED) is 0.494. The Morgan fingerprint density at radius 1 is 0.667 bits per heavy atom. The highest BCUT2D eigenvalue weighted by Gasteiger charge is 2.31. The van der Waals surface area contributed by atoms with Crippen LogP contribution in [-0.2, 0) is 9.30 Å². The van der Waals surface area contributed by atoms with Crippen molar-refractivity contribution in [3.8, 4) is 0 Å². The average Bonchev–Trinajstić information content (AvgIpc) is 2.75. The van der Waals surface area contributed by atoms with Crippen molar-refractivity contribution in [2.24, 2.45) is 0 Å². The second-order valence-corrected chi connectivity index (χ2v) is 8.81. The standard InChI is InChI=1S/C23H20NO2P/c1-24(21-15-9-4-10-16-21)27(25)17-22(19-11-5-2-6-12-19)26-23(18-27)20-13-7-3-8-14-20/h2-18H,1H3. The SMILES string of the molecule is CN(c1ccccc1)P1(=O)C=C(c2ccccc2)OC(c2ccccc2)=C1. The molecule has 0 saturated heterocycles. The van der Waals surface area contributed by atoms with E-state index in [1.165, 1.54) is 0 Å². The summed E-state index contributed by atoms with van der Waals surface area (Å²) in [5.74, 6) is 4.73. The fourth-order valence-electron chi connectivity index (χ4n) is 3.01. The van der Waals surface area contributed by atoms with Crippen molar-refractivity contribution >= 4 is 24.5 Å². The number of rotatable bonds is 4. The molecule has 0 amide bonds. The van der Waals surface area contributed by atoms with Gasteiger partial charge in [-0.1, -0.05) is 78.9 Å². The van der Waals surface area contributed by atoms with Gasteiger partial charge in [-0.2, -0.15) is 0 Å². The predicted molar refractivity (Wildman–Crippen MR) is 112 cm³/mol. The molecule has 134 valence electrons. The second-order valence-electron chi connectivity index (χ2n) is 6.35. The predicted octanol–water partition coefficient (Wildman–Crippen LogP) is 6.43. The van der Waals surface area contributed by atoms with Crippen LogP contribution in [0.15, 0.2) is 103 Å². The summed E-state index contributed by atoms with van der Waals surface area (Å²) in [5, 5.41) is 0. The maximum Gasteiger partial charge on any atom is 0.222 e. The first-order chi connectivity index (χ1) is 13.2. The molecule has 4 rings (SSSR count). The third-order valence-electron chi connectivity index (χ3n) is 4.54. The number of benzene rings is 3. The molecule has 4 heteroatoms. The van der Waals surface area contributed by atoms with Gasteiger partial charge in [0.25, 0.3) is 0 Å². The van der Waals surface area contributed by atoms with Gasteiger partial charge in [0, 0.05) is 35.5 Å². The molecule has 0 fully saturated rings. The Hall–Kier alpha value is -3.03. The van der Waals surface area contributed by atoms with Gasteiger partial charge in [-0.05, 0) is 12.1 Å². The zero-order valence-electron chi connectivity index (χ0n) is 15.0. The van der Waals surface area contributed by atoms with E-state index in [0.29, 0.717) is 11.5 Å². The molecule has 27 heavy (non-hydrogen) atoms. The molecule has 1 aliphatic rings. The molecule has 0 atom stereocenters. The first-order valence-electron chi connectivity index (χ1n) is 8.79. The molecule has 0 radical (unpaired) electrons. The lowest BCUT2D eigenvalue weighted by Gasteiger charge is -2.30. The first-order valence-corrected chi connectivity index (χ1v) is 10.6. The summed E-state index contributed by atoms with van der Waals surface area (Å²) in [6.07, 6.45) is 0. The maximum atomic E-state index is 14.0. The van der Waals surface area contributed by atoms with Crippen molar-refractivity contribution < 1.29 is 9.30 Å². The minimum absolute atomic E-state index is 0.614. The van der Waals surface area contributed by atoms with Gasteiger partial charge in [-0.15, -0.1) is 0 Å². The molecule has 3 aromatic carbocycles. The Bertz CT molecular complexity index is 968. The second kappa shape index (κ2) is 7.30. The Morgan fingerprint density at radius 2 is 1.07 bits per heavy atom. The zero-order valence-corrected chi connectivity index (χ0v) is 15.9. The van der Waals surface area contributed by atoms with Gasteiger partial charge >= 0.3 is 0 Å². The summed E-state index contributed by atoms with van der Waals surface area (Å²) < 4.78 is 22.0. The van der Waals surface area contributed by atoms with Gasteiger partial charge < -0.3 is 9.41 Å². The van der Waals surface area contributed by atoms with E-state index in [-0.39, 0.29) is 0 Å². The molecule has 3 aromatic rings. The molecule has 0 spiro atoms. The molecule has 0 bridgehead atoms. The van der Waals surface area contributed by atoms with Gasteiger partial charge in [0.1, 0.15) is 11.5 Å². The van der Waals surface area contributed by atoms with E-state index in [0.717, 1.165) is 16.8 Å². The molecule has 0 N–H and O–H groups in total. The highest BCUT2D eigenvalue weighted by molar-refractivity contribution is 7.72. The third-order valence-corrected chi connectivity index (χ3v) is 6.92. The van der Waals surface area contributed by atoms with Crippen LogP contribution in [0.1, 0.15) is 11.1 Å². The van der Waals surface area contributed by atoms with E-state index in [2.05, 4.69) is 0 Å². The Kier molecular flexibility index (Phi) is 4.70. The lowest BCUT2D eigenvalue weighted by molar-refractivity contribution is 0.469. The summed E-state index contributed by atoms with van der Waals surface area (Å²) in [7, 11) is -1.12. The van der Waals surface area contributed by atoms with E-state index in [1.807, 2.05) is 103 Å². The van der Waals surface area contributed by atoms with Crippen molar-refractivity contribution in [1.82, 2.24) is 0 Å². The number of ether oxygens (including phenoxy) is 1. The van der Waals surface area contributed by atoms with Gasteiger partial charge in [-0.25, -0.2) is 0 Å².